The number of benzene rings is 1. The fourth-order valence-corrected chi connectivity index (χ4v) is 1.90. The molecular formula is C13H17NO2. The molecule has 0 unspecified atom stereocenters. The number of nitrogens with one attached hydrogen (secondary N) is 1. The lowest BCUT2D eigenvalue weighted by Gasteiger charge is -2.13. The lowest BCUT2D eigenvalue weighted by Crippen LogP contribution is -2.39. The summed E-state index contributed by atoms with van der Waals surface area (Å²) < 4.78 is 0. The van der Waals surface area contributed by atoms with E-state index in [0.29, 0.717) is 5.92 Å². The molecule has 3 nitrogen and oxygen atoms in total. The van der Waals surface area contributed by atoms with E-state index in [1.54, 1.807) is 0 Å². The summed E-state index contributed by atoms with van der Waals surface area (Å²) in [5.74, 6) is -0.358. The lowest BCUT2D eigenvalue weighted by atomic mass is 10.1. The molecule has 0 bridgehead atoms. The first kappa shape index (κ1) is 11.1. The van der Waals surface area contributed by atoms with Gasteiger partial charge in [-0.05, 0) is 37.3 Å². The molecule has 0 saturated heterocycles. The molecule has 16 heavy (non-hydrogen) atoms. The van der Waals surface area contributed by atoms with Gasteiger partial charge in [0.1, 0.15) is 6.04 Å². The first-order chi connectivity index (χ1) is 7.77. The minimum absolute atomic E-state index is 0.344. The maximum Gasteiger partial charge on any atom is 0.320 e. The van der Waals surface area contributed by atoms with Gasteiger partial charge in [0.2, 0.25) is 0 Å². The number of carboxylic acids is 1. The summed E-state index contributed by atoms with van der Waals surface area (Å²) in [6, 6.07) is 9.78. The van der Waals surface area contributed by atoms with Crippen LogP contribution in [0.1, 0.15) is 18.4 Å². The molecule has 0 aliphatic heterocycles. The fraction of sp³-hybridized carbons (Fsp3) is 0.462. The largest absolute Gasteiger partial charge is 0.480 e. The maximum absolute atomic E-state index is 11.0. The SMILES string of the molecule is O=C(O)[C@@H](NCCc1ccccc1)C1CC1. The Bertz CT molecular complexity index is 346. The fourth-order valence-electron chi connectivity index (χ4n) is 1.90. The van der Waals surface area contributed by atoms with E-state index >= 15 is 0 Å². The van der Waals surface area contributed by atoms with Gasteiger partial charge in [-0.1, -0.05) is 30.3 Å². The van der Waals surface area contributed by atoms with Gasteiger partial charge in [0.05, 0.1) is 0 Å². The minimum Gasteiger partial charge on any atom is -0.480 e. The molecule has 1 aliphatic carbocycles. The van der Waals surface area contributed by atoms with E-state index in [1.807, 2.05) is 18.2 Å². The molecule has 1 aromatic carbocycles. The van der Waals surface area contributed by atoms with Crippen LogP contribution in [0.2, 0.25) is 0 Å². The summed E-state index contributed by atoms with van der Waals surface area (Å²) in [5, 5.41) is 12.1. The zero-order valence-electron chi connectivity index (χ0n) is 9.23. The van der Waals surface area contributed by atoms with E-state index < -0.39 is 5.97 Å². The van der Waals surface area contributed by atoms with E-state index in [4.69, 9.17) is 5.11 Å². The highest BCUT2D eigenvalue weighted by Crippen LogP contribution is 2.32. The first-order valence-electron chi connectivity index (χ1n) is 5.77. The van der Waals surface area contributed by atoms with Crippen LogP contribution in [0, 0.1) is 5.92 Å². The Morgan fingerprint density at radius 3 is 2.62 bits per heavy atom. The standard InChI is InChI=1S/C13H17NO2/c15-13(16)12(11-6-7-11)14-9-8-10-4-2-1-3-5-10/h1-5,11-12,14H,6-9H2,(H,15,16)/t12-/m0/s1. The zero-order valence-corrected chi connectivity index (χ0v) is 9.23. The number of rotatable bonds is 6. The van der Waals surface area contributed by atoms with Crippen LogP contribution in [-0.2, 0) is 11.2 Å². The number of aliphatic carboxylic acids is 1. The smallest absolute Gasteiger partial charge is 0.320 e. The average molecular weight is 219 g/mol. The Hall–Kier alpha value is -1.35. The van der Waals surface area contributed by atoms with Crippen LogP contribution in [0.4, 0.5) is 0 Å². The highest BCUT2D eigenvalue weighted by atomic mass is 16.4. The molecule has 0 spiro atoms. The number of carboxylic acid groups (broad SMARTS) is 1. The average Bonchev–Trinajstić information content (AvgIpc) is 3.09. The molecule has 0 aromatic heterocycles. The maximum atomic E-state index is 11.0. The molecular weight excluding hydrogens is 202 g/mol. The van der Waals surface area contributed by atoms with E-state index in [9.17, 15) is 4.79 Å². The normalized spacial score (nSPS) is 17.0. The van der Waals surface area contributed by atoms with Gasteiger partial charge in [-0.15, -0.1) is 0 Å². The Balaban J connectivity index is 1.76. The molecule has 1 fully saturated rings. The van der Waals surface area contributed by atoms with Gasteiger partial charge in [0, 0.05) is 0 Å². The topological polar surface area (TPSA) is 49.3 Å². The minimum atomic E-state index is -0.712. The van der Waals surface area contributed by atoms with Crippen LogP contribution in [0.15, 0.2) is 30.3 Å². The van der Waals surface area contributed by atoms with E-state index in [0.717, 1.165) is 25.8 Å². The summed E-state index contributed by atoms with van der Waals surface area (Å²) in [4.78, 5) is 11.0. The highest BCUT2D eigenvalue weighted by Gasteiger charge is 2.35. The van der Waals surface area contributed by atoms with Crippen LogP contribution in [-0.4, -0.2) is 23.7 Å². The van der Waals surface area contributed by atoms with Crippen molar-refractivity contribution >= 4 is 5.97 Å². The van der Waals surface area contributed by atoms with Crippen molar-refractivity contribution in [2.75, 3.05) is 6.54 Å². The van der Waals surface area contributed by atoms with Crippen molar-refractivity contribution in [2.45, 2.75) is 25.3 Å². The molecule has 1 aliphatic rings. The monoisotopic (exact) mass is 219 g/mol. The number of hydrogen-bond donors (Lipinski definition) is 2. The second kappa shape index (κ2) is 5.12. The van der Waals surface area contributed by atoms with Gasteiger partial charge in [0.15, 0.2) is 0 Å². The van der Waals surface area contributed by atoms with Crippen molar-refractivity contribution in [3.05, 3.63) is 35.9 Å². The third-order valence-corrected chi connectivity index (χ3v) is 2.98. The van der Waals surface area contributed by atoms with Crippen molar-refractivity contribution in [1.29, 1.82) is 0 Å². The molecule has 1 aromatic rings. The molecule has 0 heterocycles. The van der Waals surface area contributed by atoms with Crippen LogP contribution >= 0.6 is 0 Å². The summed E-state index contributed by atoms with van der Waals surface area (Å²) in [6.45, 7) is 0.734. The molecule has 86 valence electrons. The van der Waals surface area contributed by atoms with Crippen LogP contribution < -0.4 is 5.32 Å². The quantitative estimate of drug-likeness (QED) is 0.765. The van der Waals surface area contributed by atoms with Gasteiger partial charge in [0.25, 0.3) is 0 Å². The van der Waals surface area contributed by atoms with Crippen molar-refractivity contribution in [3.63, 3.8) is 0 Å². The summed E-state index contributed by atoms with van der Waals surface area (Å²) in [7, 11) is 0. The molecule has 0 radical (unpaired) electrons. The molecule has 3 heteroatoms. The lowest BCUT2D eigenvalue weighted by molar-refractivity contribution is -0.140. The Morgan fingerprint density at radius 1 is 1.38 bits per heavy atom. The van der Waals surface area contributed by atoms with Crippen molar-refractivity contribution in [1.82, 2.24) is 5.32 Å². The summed E-state index contributed by atoms with van der Waals surface area (Å²) in [5.41, 5.74) is 1.25. The van der Waals surface area contributed by atoms with Crippen molar-refractivity contribution < 1.29 is 9.90 Å². The molecule has 1 saturated carbocycles. The van der Waals surface area contributed by atoms with Gasteiger partial charge in [-0.3, -0.25) is 4.79 Å². The first-order valence-corrected chi connectivity index (χ1v) is 5.77. The van der Waals surface area contributed by atoms with E-state index in [2.05, 4.69) is 17.4 Å². The zero-order chi connectivity index (χ0) is 11.4. The predicted octanol–water partition coefficient (Wildman–Crippen LogP) is 1.68. The van der Waals surface area contributed by atoms with Gasteiger partial charge >= 0.3 is 5.97 Å². The molecule has 0 amide bonds. The van der Waals surface area contributed by atoms with E-state index in [-0.39, 0.29) is 6.04 Å². The van der Waals surface area contributed by atoms with Gasteiger partial charge < -0.3 is 10.4 Å². The third kappa shape index (κ3) is 3.07. The van der Waals surface area contributed by atoms with Gasteiger partial charge in [-0.25, -0.2) is 0 Å². The Kier molecular flexibility index (Phi) is 3.57. The van der Waals surface area contributed by atoms with Crippen LogP contribution in [0.5, 0.6) is 0 Å². The Morgan fingerprint density at radius 2 is 2.06 bits per heavy atom. The van der Waals surface area contributed by atoms with Gasteiger partial charge in [-0.2, -0.15) is 0 Å². The second-order valence-corrected chi connectivity index (χ2v) is 4.34. The predicted molar refractivity (Wildman–Crippen MR) is 62.3 cm³/mol. The molecule has 2 N–H and O–H groups in total. The van der Waals surface area contributed by atoms with Crippen molar-refractivity contribution in [3.8, 4) is 0 Å². The molecule has 2 rings (SSSR count). The Labute approximate surface area is 95.5 Å². The number of hydrogen-bond acceptors (Lipinski definition) is 2. The summed E-state index contributed by atoms with van der Waals surface area (Å²) >= 11 is 0. The second-order valence-electron chi connectivity index (χ2n) is 4.34. The number of carbonyl (C=O) groups is 1. The van der Waals surface area contributed by atoms with Crippen LogP contribution in [0.25, 0.3) is 0 Å². The van der Waals surface area contributed by atoms with E-state index in [1.165, 1.54) is 5.56 Å². The highest BCUT2D eigenvalue weighted by molar-refractivity contribution is 5.74. The third-order valence-electron chi connectivity index (χ3n) is 2.98. The molecule has 1 atom stereocenters. The summed E-state index contributed by atoms with van der Waals surface area (Å²) in [6.07, 6.45) is 2.99. The van der Waals surface area contributed by atoms with Crippen LogP contribution in [0.3, 0.4) is 0 Å². The van der Waals surface area contributed by atoms with Crippen molar-refractivity contribution in [2.24, 2.45) is 5.92 Å².